The van der Waals surface area contributed by atoms with E-state index in [1.807, 2.05) is 18.2 Å². The molecule has 2 aliphatic rings. The maximum absolute atomic E-state index is 12.3. The van der Waals surface area contributed by atoms with Gasteiger partial charge >= 0.3 is 5.97 Å². The molecular weight excluding hydrogens is 396 g/mol. The van der Waals surface area contributed by atoms with Crippen molar-refractivity contribution in [1.82, 2.24) is 0 Å². The van der Waals surface area contributed by atoms with Gasteiger partial charge in [-0.15, -0.1) is 0 Å². The third-order valence-corrected chi connectivity index (χ3v) is 5.52. The van der Waals surface area contributed by atoms with E-state index in [0.717, 1.165) is 0 Å². The minimum absolute atomic E-state index is 0.0497. The Hall–Kier alpha value is -2.57. The molecule has 1 N–H and O–H groups in total. The number of carbonyl (C=O) groups is 1. The summed E-state index contributed by atoms with van der Waals surface area (Å²) in [5, 5.41) is 9.72. The summed E-state index contributed by atoms with van der Waals surface area (Å²) >= 11 is 6.16. The molecule has 4 rings (SSSR count). The van der Waals surface area contributed by atoms with Crippen molar-refractivity contribution in [2.45, 2.75) is 31.3 Å². The number of aliphatic carboxylic acids is 1. The molecule has 1 aromatic heterocycles. The molecule has 1 saturated carbocycles. The summed E-state index contributed by atoms with van der Waals surface area (Å²) in [6, 6.07) is 6.60. The lowest BCUT2D eigenvalue weighted by molar-refractivity contribution is -0.151. The lowest BCUT2D eigenvalue weighted by atomic mass is 9.82. The second-order valence-electron chi connectivity index (χ2n) is 7.28. The average Bonchev–Trinajstić information content (AvgIpc) is 3.12. The number of benzene rings is 1. The van der Waals surface area contributed by atoms with Crippen LogP contribution in [0.3, 0.4) is 0 Å². The summed E-state index contributed by atoms with van der Waals surface area (Å²) in [6.07, 6.45) is 7.60. The van der Waals surface area contributed by atoms with Crippen LogP contribution in [0.15, 0.2) is 57.5 Å². The molecule has 0 saturated heterocycles. The number of carboxylic acids is 1. The smallest absolute Gasteiger partial charge is 0.306 e. The third-order valence-electron chi connectivity index (χ3n) is 5.22. The SMILES string of the molecule is O=C(O)C1CC(OCCCOC2=CC(c3cc(=O)c4cccc(Cl)c4o3)C=C2)C1. The molecular formula is C22H21ClO6. The summed E-state index contributed by atoms with van der Waals surface area (Å²) in [7, 11) is 0. The summed E-state index contributed by atoms with van der Waals surface area (Å²) in [4.78, 5) is 23.1. The number of carboxylic acid groups (broad SMARTS) is 1. The highest BCUT2D eigenvalue weighted by molar-refractivity contribution is 6.34. The van der Waals surface area contributed by atoms with Crippen LogP contribution in [-0.4, -0.2) is 30.4 Å². The second-order valence-corrected chi connectivity index (χ2v) is 7.69. The predicted molar refractivity (Wildman–Crippen MR) is 108 cm³/mol. The molecule has 1 unspecified atom stereocenters. The highest BCUT2D eigenvalue weighted by atomic mass is 35.5. The van der Waals surface area contributed by atoms with Gasteiger partial charge in [0.15, 0.2) is 11.0 Å². The fraction of sp³-hybridized carbons (Fsp3) is 0.364. The van der Waals surface area contributed by atoms with Crippen LogP contribution in [0, 0.1) is 5.92 Å². The standard InChI is InChI=1S/C22H21ClO6/c23-18-4-1-3-17-19(24)12-20(29-21(17)18)13-5-6-15(9-13)27-7-2-8-28-16-10-14(11-16)22(25)26/h1,3-6,9,12-14,16H,2,7-8,10-11H2,(H,25,26). The molecule has 1 atom stereocenters. The quantitative estimate of drug-likeness (QED) is 0.647. The van der Waals surface area contributed by atoms with Crippen molar-refractivity contribution in [3.63, 3.8) is 0 Å². The Bertz CT molecular complexity index is 1030. The van der Waals surface area contributed by atoms with Crippen LogP contribution in [0.4, 0.5) is 0 Å². The molecule has 0 radical (unpaired) electrons. The van der Waals surface area contributed by atoms with E-state index in [1.54, 1.807) is 18.2 Å². The summed E-state index contributed by atoms with van der Waals surface area (Å²) in [5.74, 6) is 0.0509. The van der Waals surface area contributed by atoms with E-state index < -0.39 is 5.97 Å². The van der Waals surface area contributed by atoms with Crippen LogP contribution < -0.4 is 5.43 Å². The molecule has 2 aliphatic carbocycles. The Balaban J connectivity index is 1.27. The Labute approximate surface area is 172 Å². The first-order valence-electron chi connectivity index (χ1n) is 9.61. The van der Waals surface area contributed by atoms with Gasteiger partial charge in [-0.05, 0) is 37.1 Å². The van der Waals surface area contributed by atoms with Crippen molar-refractivity contribution >= 4 is 28.5 Å². The first-order valence-corrected chi connectivity index (χ1v) is 9.98. The van der Waals surface area contributed by atoms with E-state index in [1.165, 1.54) is 6.07 Å². The average molecular weight is 417 g/mol. The molecule has 152 valence electrons. The minimum atomic E-state index is -0.743. The van der Waals surface area contributed by atoms with Gasteiger partial charge in [-0.2, -0.15) is 0 Å². The number of halogens is 1. The monoisotopic (exact) mass is 416 g/mol. The first-order chi connectivity index (χ1) is 14.0. The molecule has 2 aromatic rings. The Morgan fingerprint density at radius 1 is 1.28 bits per heavy atom. The lowest BCUT2D eigenvalue weighted by Crippen LogP contribution is -2.36. The minimum Gasteiger partial charge on any atom is -0.494 e. The van der Waals surface area contributed by atoms with E-state index in [-0.39, 0.29) is 23.4 Å². The zero-order chi connectivity index (χ0) is 20.4. The maximum Gasteiger partial charge on any atom is 0.306 e. The number of ether oxygens (including phenoxy) is 2. The van der Waals surface area contributed by atoms with Gasteiger partial charge in [0.2, 0.25) is 0 Å². The van der Waals surface area contributed by atoms with Crippen molar-refractivity contribution in [1.29, 1.82) is 0 Å². The zero-order valence-electron chi connectivity index (χ0n) is 15.7. The molecule has 0 bridgehead atoms. The van der Waals surface area contributed by atoms with Crippen LogP contribution in [0.25, 0.3) is 11.0 Å². The van der Waals surface area contributed by atoms with Gasteiger partial charge in [0.25, 0.3) is 0 Å². The molecule has 1 aromatic carbocycles. The second kappa shape index (κ2) is 8.43. The normalized spacial score (nSPS) is 23.1. The van der Waals surface area contributed by atoms with Crippen molar-refractivity contribution in [3.8, 4) is 0 Å². The molecule has 7 heteroatoms. The van der Waals surface area contributed by atoms with Crippen LogP contribution in [0.1, 0.15) is 30.9 Å². The predicted octanol–water partition coefficient (Wildman–Crippen LogP) is 4.27. The van der Waals surface area contributed by atoms with Gasteiger partial charge in [-0.25, -0.2) is 0 Å². The highest BCUT2D eigenvalue weighted by Gasteiger charge is 2.34. The Kier molecular flexibility index (Phi) is 5.74. The van der Waals surface area contributed by atoms with Crippen molar-refractivity contribution in [2.75, 3.05) is 13.2 Å². The molecule has 29 heavy (non-hydrogen) atoms. The molecule has 0 amide bonds. The number of para-hydroxylation sites is 1. The van der Waals surface area contributed by atoms with Gasteiger partial charge in [0.05, 0.1) is 41.6 Å². The fourth-order valence-electron chi connectivity index (χ4n) is 3.49. The number of allylic oxidation sites excluding steroid dienone is 3. The van der Waals surface area contributed by atoms with Gasteiger partial charge in [0, 0.05) is 12.5 Å². The van der Waals surface area contributed by atoms with E-state index >= 15 is 0 Å². The highest BCUT2D eigenvalue weighted by Crippen LogP contribution is 2.31. The van der Waals surface area contributed by atoms with E-state index in [9.17, 15) is 9.59 Å². The van der Waals surface area contributed by atoms with E-state index in [0.29, 0.717) is 60.0 Å². The van der Waals surface area contributed by atoms with Crippen molar-refractivity contribution in [3.05, 3.63) is 69.3 Å². The third kappa shape index (κ3) is 4.38. The van der Waals surface area contributed by atoms with Gasteiger partial charge in [0.1, 0.15) is 11.5 Å². The van der Waals surface area contributed by atoms with Crippen LogP contribution in [0.2, 0.25) is 5.02 Å². The van der Waals surface area contributed by atoms with Gasteiger partial charge in [-0.1, -0.05) is 23.7 Å². The Morgan fingerprint density at radius 3 is 2.90 bits per heavy atom. The number of fused-ring (bicyclic) bond motifs is 1. The van der Waals surface area contributed by atoms with Crippen LogP contribution in [0.5, 0.6) is 0 Å². The van der Waals surface area contributed by atoms with Gasteiger partial charge < -0.3 is 19.0 Å². The lowest BCUT2D eigenvalue weighted by Gasteiger charge is -2.32. The van der Waals surface area contributed by atoms with Crippen LogP contribution >= 0.6 is 11.6 Å². The van der Waals surface area contributed by atoms with Crippen LogP contribution in [-0.2, 0) is 14.3 Å². The summed E-state index contributed by atoms with van der Waals surface area (Å²) in [6.45, 7) is 1.03. The van der Waals surface area contributed by atoms with Crippen molar-refractivity contribution < 1.29 is 23.8 Å². The first kappa shape index (κ1) is 19.7. The molecule has 0 spiro atoms. The number of hydrogen-bond acceptors (Lipinski definition) is 5. The molecule has 0 aliphatic heterocycles. The largest absolute Gasteiger partial charge is 0.494 e. The molecule has 6 nitrogen and oxygen atoms in total. The number of hydrogen-bond donors (Lipinski definition) is 1. The van der Waals surface area contributed by atoms with Crippen molar-refractivity contribution in [2.24, 2.45) is 5.92 Å². The topological polar surface area (TPSA) is 86.0 Å². The summed E-state index contributed by atoms with van der Waals surface area (Å²) in [5.41, 5.74) is 0.268. The summed E-state index contributed by atoms with van der Waals surface area (Å²) < 4.78 is 17.3. The fourth-order valence-corrected chi connectivity index (χ4v) is 3.70. The zero-order valence-corrected chi connectivity index (χ0v) is 16.4. The maximum atomic E-state index is 12.3. The molecule has 1 heterocycles. The van der Waals surface area contributed by atoms with E-state index in [4.69, 9.17) is 30.6 Å². The molecule has 1 fully saturated rings. The number of rotatable bonds is 8. The van der Waals surface area contributed by atoms with Gasteiger partial charge in [-0.3, -0.25) is 9.59 Å². The Morgan fingerprint density at radius 2 is 2.10 bits per heavy atom. The van der Waals surface area contributed by atoms with E-state index in [2.05, 4.69) is 0 Å².